The van der Waals surface area contributed by atoms with Gasteiger partial charge >= 0.3 is 18.2 Å². The van der Waals surface area contributed by atoms with Crippen molar-refractivity contribution in [2.24, 2.45) is 23.7 Å². The van der Waals surface area contributed by atoms with E-state index in [1.54, 1.807) is 72.9 Å². The lowest BCUT2D eigenvalue weighted by molar-refractivity contribution is -0.318. The summed E-state index contributed by atoms with van der Waals surface area (Å²) in [6.07, 6.45) is -2.72. The summed E-state index contributed by atoms with van der Waals surface area (Å²) in [5, 5.41) is 68.1. The zero-order valence-electron chi connectivity index (χ0n) is 62.5. The predicted molar refractivity (Wildman–Crippen MR) is 380 cm³/mol. The molecule has 27 heteroatoms. The number of hydrogen-bond donors (Lipinski definition) is 6. The summed E-state index contributed by atoms with van der Waals surface area (Å²) >= 11 is 3.38. The van der Waals surface area contributed by atoms with Gasteiger partial charge in [-0.25, -0.2) is 9.59 Å². The van der Waals surface area contributed by atoms with Gasteiger partial charge < -0.3 is 87.7 Å². The Bertz CT molecular complexity index is 3080. The topological polar surface area (TPSA) is 321 Å². The molecule has 5 fully saturated rings. The normalized spacial score (nSPS) is 34.1. The third-order valence-electron chi connectivity index (χ3n) is 21.0. The van der Waals surface area contributed by atoms with E-state index in [2.05, 4.69) is 64.7 Å². The first-order valence-corrected chi connectivity index (χ1v) is 39.0. The number of nitrogens with zero attached hydrogens (tertiary/aromatic N) is 6. The molecular weight excluding hydrogens is 1370 g/mol. The van der Waals surface area contributed by atoms with Crippen molar-refractivity contribution >= 4 is 48.2 Å². The lowest BCUT2D eigenvalue weighted by Gasteiger charge is -2.49. The van der Waals surface area contributed by atoms with E-state index < -0.39 is 128 Å². The lowest BCUT2D eigenvalue weighted by atomic mass is 9.74. The number of ether oxygens (including phenoxy) is 8. The summed E-state index contributed by atoms with van der Waals surface area (Å²) in [6, 6.07) is 11.4. The van der Waals surface area contributed by atoms with E-state index in [0.29, 0.717) is 51.7 Å². The van der Waals surface area contributed by atoms with E-state index in [-0.39, 0.29) is 55.3 Å². The van der Waals surface area contributed by atoms with Crippen LogP contribution in [-0.2, 0) is 84.0 Å². The number of Topliss-reactive ketones (excluding diaryl/α,β-unsaturated/α-hetero) is 1. The van der Waals surface area contributed by atoms with Gasteiger partial charge in [0.1, 0.15) is 41.9 Å². The molecule has 5 aliphatic rings. The second-order valence-electron chi connectivity index (χ2n) is 30.5. The zero-order chi connectivity index (χ0) is 74.6. The highest BCUT2D eigenvalue weighted by Gasteiger charge is 2.54. The number of esters is 1. The number of aliphatic hydroxyl groups is 6. The Morgan fingerprint density at radius 1 is 0.740 bits per heavy atom. The van der Waals surface area contributed by atoms with Crippen molar-refractivity contribution in [1.29, 1.82) is 0 Å². The number of methoxy groups -OCH3 is 1. The number of carbonyl (C=O) groups excluding carboxylic acids is 4. The fourth-order valence-corrected chi connectivity index (χ4v) is 14.8. The number of halogens is 1. The van der Waals surface area contributed by atoms with Crippen molar-refractivity contribution in [2.45, 2.75) is 262 Å². The van der Waals surface area contributed by atoms with Crippen LogP contribution in [0.5, 0.6) is 0 Å². The van der Waals surface area contributed by atoms with Crippen molar-refractivity contribution in [3.8, 4) is 0 Å². The van der Waals surface area contributed by atoms with Gasteiger partial charge in [-0.1, -0.05) is 60.6 Å². The third-order valence-corrected chi connectivity index (χ3v) is 26.1. The number of pyridine rings is 3. The fraction of sp³-hybridized carbons (Fsp3) is 0.740. The minimum atomic E-state index is -2.03. The number of amides is 2. The number of carbonyl (C=O) groups is 4. The summed E-state index contributed by atoms with van der Waals surface area (Å²) in [6.45, 7) is 30.2. The largest absolute Gasteiger partial charge is 0.459 e. The van der Waals surface area contributed by atoms with Crippen molar-refractivity contribution in [3.05, 3.63) is 87.7 Å². The van der Waals surface area contributed by atoms with Crippen molar-refractivity contribution in [2.75, 3.05) is 61.1 Å². The van der Waals surface area contributed by atoms with Crippen LogP contribution in [0.25, 0.3) is 0 Å². The molecule has 8 heterocycles. The molecule has 0 bridgehead atoms. The molecule has 5 aliphatic heterocycles. The van der Waals surface area contributed by atoms with Crippen LogP contribution in [0.1, 0.15) is 144 Å². The van der Waals surface area contributed by atoms with E-state index in [4.69, 9.17) is 47.4 Å². The van der Waals surface area contributed by atoms with Crippen LogP contribution < -0.4 is 0 Å². The van der Waals surface area contributed by atoms with Gasteiger partial charge in [-0.2, -0.15) is 0 Å². The van der Waals surface area contributed by atoms with Crippen LogP contribution in [0.15, 0.2) is 59.5 Å². The smallest absolute Gasteiger partial charge is 0.409 e. The van der Waals surface area contributed by atoms with E-state index in [9.17, 15) is 44.7 Å². The van der Waals surface area contributed by atoms with Gasteiger partial charge in [-0.05, 0) is 144 Å². The molecule has 5 saturated heterocycles. The molecule has 2 amide bonds. The second kappa shape index (κ2) is 36.3. The number of rotatable bonds is 20. The summed E-state index contributed by atoms with van der Waals surface area (Å²) in [5.41, 5.74) is -0.182. The molecule has 8 rings (SSSR count). The maximum atomic E-state index is 14.3. The van der Waals surface area contributed by atoms with Crippen LogP contribution in [0, 0.1) is 23.7 Å². The summed E-state index contributed by atoms with van der Waals surface area (Å²) < 4.78 is 55.5. The lowest BCUT2D eigenvalue weighted by Crippen LogP contribution is -2.61. The highest BCUT2D eigenvalue weighted by molar-refractivity contribution is 9.10. The summed E-state index contributed by atoms with van der Waals surface area (Å²) in [4.78, 5) is 69.7. The van der Waals surface area contributed by atoms with Crippen LogP contribution >= 0.6 is 15.9 Å². The Balaban J connectivity index is 0.000000372. The number of likely N-dealkylation sites (N-methyl/N-ethyl adjacent to an activating group) is 3. The van der Waals surface area contributed by atoms with E-state index in [0.717, 1.165) is 45.7 Å². The molecule has 20 atom stereocenters. The molecule has 6 N–H and O–H groups in total. The Hall–Kier alpha value is -4.69. The number of cyclic esters (lactones) is 3. The molecule has 0 aromatic carbocycles. The average molecular weight is 1490 g/mol. The van der Waals surface area contributed by atoms with Crippen molar-refractivity contribution < 1.29 is 92.1 Å². The highest BCUT2D eigenvalue weighted by atomic mass is 79.9. The molecule has 3 aromatic heterocycles. The maximum absolute atomic E-state index is 14.3. The zero-order valence-corrected chi connectivity index (χ0v) is 65.0. The van der Waals surface area contributed by atoms with E-state index in [1.165, 1.54) is 32.8 Å². The second-order valence-corrected chi connectivity index (χ2v) is 36.3. The first kappa shape index (κ1) is 84.2. The van der Waals surface area contributed by atoms with E-state index in [1.807, 2.05) is 61.5 Å². The predicted octanol–water partition coefficient (Wildman–Crippen LogP) is 7.80. The van der Waals surface area contributed by atoms with Crippen LogP contribution in [0.3, 0.4) is 0 Å². The molecule has 0 saturated carbocycles. The van der Waals surface area contributed by atoms with Gasteiger partial charge in [-0.3, -0.25) is 24.5 Å². The monoisotopic (exact) mass is 1490 g/mol. The number of aliphatic hydroxyl groups excluding tert-OH is 4. The Labute approximate surface area is 601 Å². The first-order valence-electron chi connectivity index (χ1n) is 35.3. The first-order chi connectivity index (χ1) is 46.6. The molecule has 0 unspecified atom stereocenters. The minimum absolute atomic E-state index is 0.0649. The Kier molecular flexibility index (Phi) is 30.6. The van der Waals surface area contributed by atoms with Crippen molar-refractivity contribution in [3.63, 3.8) is 0 Å². The van der Waals surface area contributed by atoms with Gasteiger partial charge in [0.25, 0.3) is 0 Å². The molecular formula is C73H117BrN6O19Si. The molecule has 0 spiro atoms. The van der Waals surface area contributed by atoms with Crippen LogP contribution in [-0.4, -0.2) is 250 Å². The minimum Gasteiger partial charge on any atom is -0.459 e. The third kappa shape index (κ3) is 22.4. The molecule has 100 heavy (non-hydrogen) atoms. The molecule has 3 aromatic rings. The Morgan fingerprint density at radius 3 is 1.86 bits per heavy atom. The summed E-state index contributed by atoms with van der Waals surface area (Å²) in [5.74, 6) is -5.21. The summed E-state index contributed by atoms with van der Waals surface area (Å²) in [7, 11) is 5.21. The number of hydrogen-bond acceptors (Lipinski definition) is 23. The standard InChI is InChI=1S/C48H79N3O15.C13H22BrNOSi.C12H16N2O3/c1-14-35-48(10,59)40(54)27(4)37(52)25(2)21-46(8,58)42(28(5)39(29(6)43(56)64-35)65-36-22-47(9,60-13)41(55)30(7)62-36)66-44-38(53)34(19-26(3)61-44)50(11)18-17-31-15-16-32(49-23-31)20-33-24-51(12)45(57)63-33;1-13(2,3)17(4,5)16-9-8-12-7-6-11(14)10-15-12;1-14-8-11(17-12(14)16)6-9-2-3-10(4-5-15)13-7-9/h15-16,23,25-30,33-36,38-42,44,53-55,58-59H,14,17-22,24H2,1-13H3;6-7,10H,8-9H2,1-5H3;2-3,7,11,15H,4-6,8H2,1H3/t25-,26-,27+,28+,29-,30+,33-,34+,35-,36+,38-,39+,40-,41+,42-,44+,46-,47-,48-;;11-/m1.0/s1. The van der Waals surface area contributed by atoms with Gasteiger partial charge in [0.15, 0.2) is 20.9 Å². The van der Waals surface area contributed by atoms with Gasteiger partial charge in [0.05, 0.1) is 60.7 Å². The molecule has 25 nitrogen and oxygen atoms in total. The number of aromatic nitrogens is 3. The molecule has 564 valence electrons. The SMILES string of the molecule is CC(C)(C)[Si](C)(C)OCCc1ccc(Br)cn1.CC[C@H]1OC(=O)[C@H](C)[C@@H](O[C@H]2C[C@@](C)(OC)[C@@H](O)[C@H](C)O2)[C@H](C)[C@@H](O[C@@H]2O[C@H](C)C[C@H](N(C)CCc3ccc(C[C@@H]4CN(C)C(=O)O4)nc3)[C@H]2O)[C@](C)(O)C[C@@H](C)C(=O)[C@H](C)[C@@H](O)[C@]1(C)O.CN1C[C@H](Cc2ccc(CCO)nc2)OC1=O. The van der Waals surface area contributed by atoms with E-state index >= 15 is 0 Å². The average Bonchev–Trinajstić information content (AvgIpc) is 0.940. The molecule has 0 radical (unpaired) electrons. The van der Waals surface area contributed by atoms with Gasteiger partial charge in [0, 0.05) is 137 Å². The van der Waals surface area contributed by atoms with Gasteiger partial charge in [0.2, 0.25) is 0 Å². The number of ketones is 1. The van der Waals surface area contributed by atoms with Crippen LogP contribution in [0.2, 0.25) is 18.1 Å². The quantitative estimate of drug-likeness (QED) is 0.0357. The van der Waals surface area contributed by atoms with Gasteiger partial charge in [-0.15, -0.1) is 0 Å². The van der Waals surface area contributed by atoms with Crippen molar-refractivity contribution in [1.82, 2.24) is 29.7 Å². The van der Waals surface area contributed by atoms with Crippen LogP contribution in [0.4, 0.5) is 9.59 Å². The highest BCUT2D eigenvalue weighted by Crippen LogP contribution is 2.42. The molecule has 0 aliphatic carbocycles. The fourth-order valence-electron chi connectivity index (χ4n) is 13.6. The maximum Gasteiger partial charge on any atom is 0.409 e. The Morgan fingerprint density at radius 2 is 1.32 bits per heavy atom.